The van der Waals surface area contributed by atoms with Crippen molar-refractivity contribution in [3.63, 3.8) is 0 Å². The molecular weight excluding hydrogens is 302 g/mol. The second kappa shape index (κ2) is 5.87. The fourth-order valence-electron chi connectivity index (χ4n) is 3.79. The molecule has 2 aliphatic carbocycles. The van der Waals surface area contributed by atoms with Gasteiger partial charge in [-0.1, -0.05) is 36.4 Å². The number of unbranched alkanes of at least 4 members (excludes halogenated alkanes) is 1. The van der Waals surface area contributed by atoms with E-state index in [9.17, 15) is 9.59 Å². The summed E-state index contributed by atoms with van der Waals surface area (Å²) in [5, 5.41) is 9.05. The summed E-state index contributed by atoms with van der Waals surface area (Å²) in [5.41, 5.74) is 4.55. The molecule has 1 N–H and O–H groups in total. The van der Waals surface area contributed by atoms with Crippen LogP contribution in [0.1, 0.15) is 46.3 Å². The van der Waals surface area contributed by atoms with Crippen molar-refractivity contribution >= 4 is 11.9 Å². The highest BCUT2D eigenvalue weighted by Crippen LogP contribution is 2.39. The van der Waals surface area contributed by atoms with Crippen LogP contribution in [0.4, 0.5) is 0 Å². The second-order valence-corrected chi connectivity index (χ2v) is 6.32. The number of aromatic nitrogens is 1. The van der Waals surface area contributed by atoms with Crippen LogP contribution in [-0.4, -0.2) is 22.1 Å². The van der Waals surface area contributed by atoms with E-state index in [2.05, 4.69) is 0 Å². The van der Waals surface area contributed by atoms with Crippen molar-refractivity contribution < 1.29 is 9.90 Å². The molecule has 0 fully saturated rings. The third kappa shape index (κ3) is 2.10. The van der Waals surface area contributed by atoms with Gasteiger partial charge in [-0.3, -0.25) is 9.59 Å². The van der Waals surface area contributed by atoms with Gasteiger partial charge in [-0.15, -0.1) is 0 Å². The van der Waals surface area contributed by atoms with Crippen molar-refractivity contribution in [3.8, 4) is 11.3 Å². The van der Waals surface area contributed by atoms with E-state index in [0.717, 1.165) is 29.7 Å². The van der Waals surface area contributed by atoms with E-state index in [4.69, 9.17) is 5.11 Å². The van der Waals surface area contributed by atoms with E-state index < -0.39 is 0 Å². The Morgan fingerprint density at radius 2 is 1.88 bits per heavy atom. The molecule has 24 heavy (non-hydrogen) atoms. The Balaban J connectivity index is 2.01. The Kier molecular flexibility index (Phi) is 3.69. The minimum absolute atomic E-state index is 0.0258. The third-order valence-electron chi connectivity index (χ3n) is 4.90. The molecule has 0 atom stereocenters. The minimum atomic E-state index is -0.0258. The van der Waals surface area contributed by atoms with Crippen LogP contribution < -0.4 is 5.56 Å². The van der Waals surface area contributed by atoms with Crippen molar-refractivity contribution in [1.82, 2.24) is 4.57 Å². The van der Waals surface area contributed by atoms with Gasteiger partial charge in [0, 0.05) is 29.8 Å². The first-order valence-electron chi connectivity index (χ1n) is 8.45. The zero-order valence-corrected chi connectivity index (χ0v) is 13.4. The highest BCUT2D eigenvalue weighted by atomic mass is 16.3. The molecule has 0 bridgehead atoms. The highest BCUT2D eigenvalue weighted by Gasteiger charge is 2.34. The van der Waals surface area contributed by atoms with Crippen molar-refractivity contribution in [1.29, 1.82) is 0 Å². The lowest BCUT2D eigenvalue weighted by molar-refractivity contribution is 0.104. The monoisotopic (exact) mass is 321 g/mol. The quantitative estimate of drug-likeness (QED) is 0.752. The molecule has 0 saturated heterocycles. The molecule has 4 nitrogen and oxygen atoms in total. The van der Waals surface area contributed by atoms with Crippen molar-refractivity contribution in [2.75, 3.05) is 6.61 Å². The van der Waals surface area contributed by atoms with Crippen LogP contribution in [0.25, 0.3) is 17.3 Å². The summed E-state index contributed by atoms with van der Waals surface area (Å²) in [6.45, 7) is 0.627. The van der Waals surface area contributed by atoms with Gasteiger partial charge in [-0.05, 0) is 31.2 Å². The SMILES string of the molecule is O=C1c2ccccc2-c2c1c1c(c(=O)n2CCCCO)C=CCC1. The van der Waals surface area contributed by atoms with Crippen LogP contribution in [0.2, 0.25) is 0 Å². The van der Waals surface area contributed by atoms with Gasteiger partial charge in [0.05, 0.1) is 11.3 Å². The number of carbonyl (C=O) groups is 1. The summed E-state index contributed by atoms with van der Waals surface area (Å²) in [6, 6.07) is 7.53. The van der Waals surface area contributed by atoms with Crippen LogP contribution >= 0.6 is 0 Å². The number of aliphatic hydroxyl groups is 1. The number of nitrogens with zero attached hydrogens (tertiary/aromatic N) is 1. The van der Waals surface area contributed by atoms with Gasteiger partial charge in [0.15, 0.2) is 5.78 Å². The van der Waals surface area contributed by atoms with Crippen LogP contribution in [0.15, 0.2) is 35.1 Å². The number of rotatable bonds is 4. The van der Waals surface area contributed by atoms with Crippen molar-refractivity contribution in [2.24, 2.45) is 0 Å². The molecular formula is C20H19NO3. The van der Waals surface area contributed by atoms with E-state index in [-0.39, 0.29) is 17.9 Å². The molecule has 0 unspecified atom stereocenters. The molecule has 1 aromatic carbocycles. The van der Waals surface area contributed by atoms with Crippen molar-refractivity contribution in [2.45, 2.75) is 32.2 Å². The fourth-order valence-corrected chi connectivity index (χ4v) is 3.79. The average molecular weight is 321 g/mol. The molecule has 0 saturated carbocycles. The van der Waals surface area contributed by atoms with Gasteiger partial charge in [0.1, 0.15) is 0 Å². The molecule has 0 amide bonds. The van der Waals surface area contributed by atoms with E-state index in [0.29, 0.717) is 36.1 Å². The Hall–Kier alpha value is -2.46. The maximum absolute atomic E-state index is 13.0. The predicted octanol–water partition coefficient (Wildman–Crippen LogP) is 2.79. The lowest BCUT2D eigenvalue weighted by Gasteiger charge is -2.19. The molecule has 1 aromatic heterocycles. The summed E-state index contributed by atoms with van der Waals surface area (Å²) >= 11 is 0. The second-order valence-electron chi connectivity index (χ2n) is 6.32. The lowest BCUT2D eigenvalue weighted by Crippen LogP contribution is -2.28. The Labute approximate surface area is 140 Å². The first-order chi connectivity index (χ1) is 11.7. The fraction of sp³-hybridized carbons (Fsp3) is 0.300. The number of benzene rings is 1. The summed E-state index contributed by atoms with van der Waals surface area (Å²) in [7, 11) is 0. The molecule has 2 aromatic rings. The smallest absolute Gasteiger partial charge is 0.258 e. The summed E-state index contributed by atoms with van der Waals surface area (Å²) in [4.78, 5) is 26.0. The van der Waals surface area contributed by atoms with Gasteiger partial charge in [0.25, 0.3) is 5.56 Å². The lowest BCUT2D eigenvalue weighted by atomic mass is 9.92. The number of aliphatic hydroxyl groups excluding tert-OH is 1. The number of pyridine rings is 1. The van der Waals surface area contributed by atoms with Crippen LogP contribution in [0.3, 0.4) is 0 Å². The van der Waals surface area contributed by atoms with E-state index in [1.54, 1.807) is 4.57 Å². The van der Waals surface area contributed by atoms with Gasteiger partial charge < -0.3 is 9.67 Å². The number of carbonyl (C=O) groups excluding carboxylic acids is 1. The molecule has 122 valence electrons. The van der Waals surface area contributed by atoms with Crippen LogP contribution in [-0.2, 0) is 13.0 Å². The topological polar surface area (TPSA) is 59.3 Å². The molecule has 2 aliphatic rings. The highest BCUT2D eigenvalue weighted by molar-refractivity contribution is 6.22. The summed E-state index contributed by atoms with van der Waals surface area (Å²) in [5.74, 6) is 0.0306. The van der Waals surface area contributed by atoms with E-state index in [1.165, 1.54) is 0 Å². The minimum Gasteiger partial charge on any atom is -0.396 e. The van der Waals surface area contributed by atoms with Crippen LogP contribution in [0.5, 0.6) is 0 Å². The van der Waals surface area contributed by atoms with Gasteiger partial charge in [-0.25, -0.2) is 0 Å². The average Bonchev–Trinajstić information content (AvgIpc) is 2.91. The van der Waals surface area contributed by atoms with Gasteiger partial charge in [0.2, 0.25) is 0 Å². The van der Waals surface area contributed by atoms with Crippen LogP contribution in [0, 0.1) is 0 Å². The number of hydrogen-bond donors (Lipinski definition) is 1. The maximum atomic E-state index is 13.0. The Morgan fingerprint density at radius 1 is 1.08 bits per heavy atom. The zero-order chi connectivity index (χ0) is 16.7. The molecule has 1 heterocycles. The third-order valence-corrected chi connectivity index (χ3v) is 4.90. The number of hydrogen-bond acceptors (Lipinski definition) is 3. The van der Waals surface area contributed by atoms with Gasteiger partial charge in [-0.2, -0.15) is 0 Å². The summed E-state index contributed by atoms with van der Waals surface area (Å²) < 4.78 is 1.74. The standard InChI is InChI=1S/C20H19NO3/c22-12-6-5-11-21-18-14-8-2-3-9-15(14)19(23)17(18)13-7-1-4-10-16(13)20(21)24/h2-4,8-10,22H,1,5-7,11-12H2. The first-order valence-corrected chi connectivity index (χ1v) is 8.45. The zero-order valence-electron chi connectivity index (χ0n) is 13.4. The van der Waals surface area contributed by atoms with Gasteiger partial charge >= 0.3 is 0 Å². The largest absolute Gasteiger partial charge is 0.396 e. The first kappa shape index (κ1) is 15.1. The predicted molar refractivity (Wildman–Crippen MR) is 93.2 cm³/mol. The number of ketones is 1. The summed E-state index contributed by atoms with van der Waals surface area (Å²) in [6.07, 6.45) is 6.81. The Bertz CT molecular complexity index is 921. The number of fused-ring (bicyclic) bond motifs is 5. The molecule has 0 aliphatic heterocycles. The molecule has 0 spiro atoms. The van der Waals surface area contributed by atoms with E-state index in [1.807, 2.05) is 36.4 Å². The van der Waals surface area contributed by atoms with E-state index >= 15 is 0 Å². The normalized spacial score (nSPS) is 14.5. The maximum Gasteiger partial charge on any atom is 0.258 e. The molecule has 4 rings (SSSR count). The van der Waals surface area contributed by atoms with Crippen molar-refractivity contribution in [3.05, 3.63) is 62.9 Å². The Morgan fingerprint density at radius 3 is 2.67 bits per heavy atom. The molecule has 4 heteroatoms. The number of allylic oxidation sites excluding steroid dienone is 1. The molecule has 0 radical (unpaired) electrons.